The minimum atomic E-state index is -4.17. The van der Waals surface area contributed by atoms with Crippen LogP contribution in [0, 0.1) is 0 Å². The fraction of sp³-hybridized carbons (Fsp3) is 1.00. The third-order valence-corrected chi connectivity index (χ3v) is 9.03. The van der Waals surface area contributed by atoms with Crippen molar-refractivity contribution in [3.05, 3.63) is 0 Å². The Labute approximate surface area is 216 Å². The second kappa shape index (κ2) is 24.1. The minimum absolute atomic E-state index is 0.0362. The molecule has 0 fully saturated rings. The van der Waals surface area contributed by atoms with Gasteiger partial charge in [0.15, 0.2) is 6.79 Å². The first kappa shape index (κ1) is 34.7. The molecule has 206 valence electrons. The average Bonchev–Trinajstić information content (AvgIpc) is 2.80. The summed E-state index contributed by atoms with van der Waals surface area (Å²) in [7, 11) is -8.23. The van der Waals surface area contributed by atoms with Gasteiger partial charge in [0, 0.05) is 11.9 Å². The van der Waals surface area contributed by atoms with Gasteiger partial charge in [-0.1, -0.05) is 106 Å². The van der Waals surface area contributed by atoms with Crippen molar-refractivity contribution in [2.45, 2.75) is 111 Å². The molecule has 0 rings (SSSR count). The molecule has 0 radical (unpaired) electrons. The van der Waals surface area contributed by atoms with E-state index in [4.69, 9.17) is 27.1 Å². The molecular formula is C23H49BrO8P2. The van der Waals surface area contributed by atoms with Crippen molar-refractivity contribution in [2.75, 3.05) is 38.6 Å². The minimum Gasteiger partial charge on any atom is -0.355 e. The summed E-state index contributed by atoms with van der Waals surface area (Å²) in [6.45, 7) is 5.85. The third-order valence-electron chi connectivity index (χ3n) is 5.04. The number of phosphoric acid groups is 2. The van der Waals surface area contributed by atoms with Gasteiger partial charge in [-0.3, -0.25) is 18.1 Å². The molecule has 34 heavy (non-hydrogen) atoms. The number of phosphoric ester groups is 2. The van der Waals surface area contributed by atoms with Crippen LogP contribution >= 0.6 is 31.6 Å². The Morgan fingerprint density at radius 1 is 0.559 bits per heavy atom. The molecule has 0 saturated heterocycles. The summed E-state index contributed by atoms with van der Waals surface area (Å²) in [6.07, 6.45) is 18.0. The van der Waals surface area contributed by atoms with Crippen molar-refractivity contribution in [3.8, 4) is 0 Å². The van der Waals surface area contributed by atoms with Gasteiger partial charge in [-0.05, 0) is 20.3 Å². The molecule has 0 saturated carbocycles. The summed E-state index contributed by atoms with van der Waals surface area (Å²) in [5.41, 5.74) is 0. The molecule has 11 heteroatoms. The Balaban J connectivity index is 3.85. The number of hydrogen-bond acceptors (Lipinski definition) is 8. The lowest BCUT2D eigenvalue weighted by molar-refractivity contribution is -0.00947. The molecule has 0 aromatic carbocycles. The lowest BCUT2D eigenvalue weighted by Crippen LogP contribution is -2.07. The number of hydrogen-bond donors (Lipinski definition) is 0. The van der Waals surface area contributed by atoms with Crippen molar-refractivity contribution in [3.63, 3.8) is 0 Å². The van der Waals surface area contributed by atoms with Crippen molar-refractivity contribution in [1.82, 2.24) is 0 Å². The highest BCUT2D eigenvalue weighted by atomic mass is 79.9. The normalized spacial score (nSPS) is 13.9. The SMILES string of the molecule is CCCCCCCCCCCCCCCCOCOP(=O)(OCCBr)OP(=O)(OCC)OCC. The van der Waals surface area contributed by atoms with Gasteiger partial charge in [0.2, 0.25) is 0 Å². The Hall–Kier alpha value is 0.700. The van der Waals surface area contributed by atoms with E-state index < -0.39 is 15.6 Å². The van der Waals surface area contributed by atoms with Gasteiger partial charge in [0.1, 0.15) is 0 Å². The lowest BCUT2D eigenvalue weighted by Gasteiger charge is -2.22. The molecule has 0 bridgehead atoms. The highest BCUT2D eigenvalue weighted by molar-refractivity contribution is 9.09. The van der Waals surface area contributed by atoms with Crippen molar-refractivity contribution in [2.24, 2.45) is 0 Å². The van der Waals surface area contributed by atoms with Crippen LogP contribution in [0.15, 0.2) is 0 Å². The first-order valence-electron chi connectivity index (χ1n) is 13.1. The Morgan fingerprint density at radius 2 is 1.00 bits per heavy atom. The zero-order valence-electron chi connectivity index (χ0n) is 21.7. The largest absolute Gasteiger partial charge is 0.485 e. The van der Waals surface area contributed by atoms with E-state index >= 15 is 0 Å². The van der Waals surface area contributed by atoms with Gasteiger partial charge in [-0.25, -0.2) is 9.13 Å². The molecule has 0 spiro atoms. The zero-order valence-corrected chi connectivity index (χ0v) is 25.1. The molecule has 1 unspecified atom stereocenters. The summed E-state index contributed by atoms with van der Waals surface area (Å²) >= 11 is 3.18. The first-order chi connectivity index (χ1) is 16.4. The van der Waals surface area contributed by atoms with Crippen LogP contribution in [0.3, 0.4) is 0 Å². The highest BCUT2D eigenvalue weighted by Crippen LogP contribution is 2.65. The Kier molecular flexibility index (Phi) is 24.6. The molecule has 0 N–H and O–H groups in total. The van der Waals surface area contributed by atoms with Gasteiger partial charge in [-0.15, -0.1) is 0 Å². The first-order valence-corrected chi connectivity index (χ1v) is 17.1. The fourth-order valence-electron chi connectivity index (χ4n) is 3.31. The van der Waals surface area contributed by atoms with Crippen LogP contribution in [0.2, 0.25) is 0 Å². The van der Waals surface area contributed by atoms with Gasteiger partial charge < -0.3 is 4.74 Å². The van der Waals surface area contributed by atoms with Crippen LogP contribution in [0.25, 0.3) is 0 Å². The molecule has 8 nitrogen and oxygen atoms in total. The number of ether oxygens (including phenoxy) is 1. The van der Waals surface area contributed by atoms with E-state index in [0.29, 0.717) is 11.9 Å². The molecule has 1 atom stereocenters. The second-order valence-corrected chi connectivity index (χ2v) is 12.4. The van der Waals surface area contributed by atoms with Crippen molar-refractivity contribution < 1.29 is 36.3 Å². The molecule has 0 heterocycles. The lowest BCUT2D eigenvalue weighted by atomic mass is 10.0. The fourth-order valence-corrected chi connectivity index (χ4v) is 6.76. The van der Waals surface area contributed by atoms with Crippen LogP contribution < -0.4 is 0 Å². The summed E-state index contributed by atoms with van der Waals surface area (Å²) in [4.78, 5) is 0. The van der Waals surface area contributed by atoms with E-state index in [-0.39, 0.29) is 26.6 Å². The maximum absolute atomic E-state index is 12.8. The predicted octanol–water partition coefficient (Wildman–Crippen LogP) is 9.18. The summed E-state index contributed by atoms with van der Waals surface area (Å²) in [5.74, 6) is 0. The molecule has 0 amide bonds. The van der Waals surface area contributed by atoms with Crippen LogP contribution in [-0.4, -0.2) is 38.6 Å². The van der Waals surface area contributed by atoms with Gasteiger partial charge >= 0.3 is 15.6 Å². The van der Waals surface area contributed by atoms with E-state index in [1.807, 2.05) is 0 Å². The van der Waals surface area contributed by atoms with E-state index in [2.05, 4.69) is 22.9 Å². The van der Waals surface area contributed by atoms with E-state index in [1.54, 1.807) is 13.8 Å². The summed E-state index contributed by atoms with van der Waals surface area (Å²) < 4.78 is 56.1. The zero-order chi connectivity index (χ0) is 25.4. The van der Waals surface area contributed by atoms with E-state index in [9.17, 15) is 9.13 Å². The Morgan fingerprint density at radius 3 is 1.44 bits per heavy atom. The van der Waals surface area contributed by atoms with Crippen LogP contribution in [0.5, 0.6) is 0 Å². The van der Waals surface area contributed by atoms with E-state index in [1.165, 1.54) is 77.0 Å². The number of rotatable bonds is 27. The molecular weight excluding hydrogens is 546 g/mol. The maximum Gasteiger partial charge on any atom is 0.485 e. The quantitative estimate of drug-likeness (QED) is 0.0402. The topological polar surface area (TPSA) is 89.5 Å². The third kappa shape index (κ3) is 20.8. The number of unbranched alkanes of at least 4 members (excludes halogenated alkanes) is 13. The average molecular weight is 595 g/mol. The molecule has 0 aliphatic rings. The highest BCUT2D eigenvalue weighted by Gasteiger charge is 2.40. The molecule has 0 aliphatic carbocycles. The molecule has 0 aromatic rings. The predicted molar refractivity (Wildman–Crippen MR) is 142 cm³/mol. The Bertz CT molecular complexity index is 529. The van der Waals surface area contributed by atoms with Gasteiger partial charge in [0.05, 0.1) is 19.8 Å². The van der Waals surface area contributed by atoms with Crippen molar-refractivity contribution >= 4 is 31.6 Å². The molecule has 0 aromatic heterocycles. The standard InChI is InChI=1S/C23H49BrO8P2/c1-4-7-8-9-10-11-12-13-14-15-16-17-18-19-21-27-23-31-34(26,30-22-20-24)32-33(25,28-5-2)29-6-3/h4-23H2,1-3H3. The number of alkyl halides is 1. The van der Waals surface area contributed by atoms with Crippen LogP contribution in [-0.2, 0) is 36.3 Å². The maximum atomic E-state index is 12.8. The van der Waals surface area contributed by atoms with Crippen LogP contribution in [0.1, 0.15) is 111 Å². The monoisotopic (exact) mass is 594 g/mol. The van der Waals surface area contributed by atoms with E-state index in [0.717, 1.165) is 12.8 Å². The van der Waals surface area contributed by atoms with Crippen molar-refractivity contribution in [1.29, 1.82) is 0 Å². The summed E-state index contributed by atoms with van der Waals surface area (Å²) in [5, 5.41) is 0.400. The number of halogens is 1. The second-order valence-electron chi connectivity index (χ2n) is 8.09. The molecule has 0 aliphatic heterocycles. The van der Waals surface area contributed by atoms with Crippen LogP contribution in [0.4, 0.5) is 0 Å². The van der Waals surface area contributed by atoms with Gasteiger partial charge in [0.25, 0.3) is 0 Å². The van der Waals surface area contributed by atoms with Gasteiger partial charge in [-0.2, -0.15) is 4.31 Å². The summed E-state index contributed by atoms with van der Waals surface area (Å²) in [6, 6.07) is 0. The smallest absolute Gasteiger partial charge is 0.355 e.